The largest absolute Gasteiger partial charge is 0.0810 e. The van der Waals surface area contributed by atoms with Crippen LogP contribution in [0.15, 0.2) is 12.2 Å². The van der Waals surface area contributed by atoms with Gasteiger partial charge in [-0.25, -0.2) is 0 Å². The fourth-order valence-corrected chi connectivity index (χ4v) is 1.63. The van der Waals surface area contributed by atoms with Crippen molar-refractivity contribution < 1.29 is 0 Å². The highest BCUT2D eigenvalue weighted by atomic mass is 14.3. The fraction of sp³-hybridized carbons (Fsp3) is 0.800. The lowest BCUT2D eigenvalue weighted by atomic mass is 9.82. The third kappa shape index (κ3) is 2.55. The van der Waals surface area contributed by atoms with E-state index in [-0.39, 0.29) is 0 Å². The van der Waals surface area contributed by atoms with Crippen molar-refractivity contribution in [3.63, 3.8) is 0 Å². The second-order valence-electron chi connectivity index (χ2n) is 4.17. The summed E-state index contributed by atoms with van der Waals surface area (Å²) in [5.74, 6) is 0.849. The average Bonchev–Trinajstić information content (AvgIpc) is 2.48. The topological polar surface area (TPSA) is 0 Å². The van der Waals surface area contributed by atoms with Crippen molar-refractivity contribution in [3.8, 4) is 0 Å². The first kappa shape index (κ1) is 7.84. The van der Waals surface area contributed by atoms with Gasteiger partial charge >= 0.3 is 0 Å². The molecule has 0 amide bonds. The molecule has 58 valence electrons. The van der Waals surface area contributed by atoms with E-state index in [2.05, 4.69) is 32.9 Å². The Labute approximate surface area is 64.3 Å². The highest BCUT2D eigenvalue weighted by Crippen LogP contribution is 2.35. The van der Waals surface area contributed by atoms with Crippen molar-refractivity contribution in [1.82, 2.24) is 0 Å². The Morgan fingerprint density at radius 1 is 1.30 bits per heavy atom. The first-order chi connectivity index (χ1) is 4.64. The van der Waals surface area contributed by atoms with E-state index in [9.17, 15) is 0 Å². The zero-order valence-corrected chi connectivity index (χ0v) is 7.35. The van der Waals surface area contributed by atoms with Gasteiger partial charge in [0.2, 0.25) is 0 Å². The van der Waals surface area contributed by atoms with Gasteiger partial charge < -0.3 is 0 Å². The predicted octanol–water partition coefficient (Wildman–Crippen LogP) is 3.39. The molecule has 0 aliphatic heterocycles. The standard InChI is InChI=1S/C10H18/c1-4-7-10(2,3)8-9-5-6-9/h5-6,9H,4,7-8H2,1-3H3. The van der Waals surface area contributed by atoms with Crippen molar-refractivity contribution >= 4 is 0 Å². The summed E-state index contributed by atoms with van der Waals surface area (Å²) < 4.78 is 0. The van der Waals surface area contributed by atoms with Crippen LogP contribution in [0.5, 0.6) is 0 Å². The summed E-state index contributed by atoms with van der Waals surface area (Å²) in [5, 5.41) is 0. The molecule has 1 rings (SSSR count). The van der Waals surface area contributed by atoms with Crippen LogP contribution in [-0.2, 0) is 0 Å². The van der Waals surface area contributed by atoms with Crippen molar-refractivity contribution in [3.05, 3.63) is 12.2 Å². The molecule has 0 radical (unpaired) electrons. The molecule has 0 bridgehead atoms. The van der Waals surface area contributed by atoms with Gasteiger partial charge in [-0.1, -0.05) is 39.3 Å². The van der Waals surface area contributed by atoms with Gasteiger partial charge in [0.05, 0.1) is 0 Å². The first-order valence-corrected chi connectivity index (χ1v) is 4.32. The van der Waals surface area contributed by atoms with Crippen molar-refractivity contribution in [1.29, 1.82) is 0 Å². The van der Waals surface area contributed by atoms with Crippen LogP contribution >= 0.6 is 0 Å². The van der Waals surface area contributed by atoms with Crippen LogP contribution in [-0.4, -0.2) is 0 Å². The van der Waals surface area contributed by atoms with Crippen LogP contribution in [0.2, 0.25) is 0 Å². The maximum absolute atomic E-state index is 2.37. The summed E-state index contributed by atoms with van der Waals surface area (Å²) in [6, 6.07) is 0. The average molecular weight is 138 g/mol. The van der Waals surface area contributed by atoms with Gasteiger partial charge in [-0.2, -0.15) is 0 Å². The van der Waals surface area contributed by atoms with Crippen molar-refractivity contribution in [2.24, 2.45) is 11.3 Å². The Morgan fingerprint density at radius 3 is 2.30 bits per heavy atom. The normalized spacial score (nSPS) is 17.9. The minimum Gasteiger partial charge on any atom is -0.0810 e. The zero-order chi connectivity index (χ0) is 7.61. The molecule has 0 heterocycles. The zero-order valence-electron chi connectivity index (χ0n) is 7.35. The van der Waals surface area contributed by atoms with Gasteiger partial charge in [-0.05, 0) is 24.2 Å². The molecule has 0 nitrogen and oxygen atoms in total. The van der Waals surface area contributed by atoms with Crippen LogP contribution in [0.25, 0.3) is 0 Å². The monoisotopic (exact) mass is 138 g/mol. The highest BCUT2D eigenvalue weighted by molar-refractivity contribution is 5.14. The second-order valence-corrected chi connectivity index (χ2v) is 4.17. The molecule has 0 spiro atoms. The van der Waals surface area contributed by atoms with Gasteiger partial charge in [0.1, 0.15) is 0 Å². The maximum Gasteiger partial charge on any atom is -0.00480 e. The number of allylic oxidation sites excluding steroid dienone is 2. The summed E-state index contributed by atoms with van der Waals surface area (Å²) >= 11 is 0. The first-order valence-electron chi connectivity index (χ1n) is 4.32. The van der Waals surface area contributed by atoms with Crippen molar-refractivity contribution in [2.45, 2.75) is 40.0 Å². The van der Waals surface area contributed by atoms with E-state index in [0.717, 1.165) is 5.92 Å². The molecular weight excluding hydrogens is 120 g/mol. The Hall–Kier alpha value is -0.260. The molecule has 1 aliphatic carbocycles. The van der Waals surface area contributed by atoms with Crippen LogP contribution in [0.1, 0.15) is 40.0 Å². The molecule has 0 aromatic heterocycles. The Balaban J connectivity index is 2.19. The fourth-order valence-electron chi connectivity index (χ4n) is 1.63. The molecule has 0 saturated heterocycles. The van der Waals surface area contributed by atoms with Gasteiger partial charge in [0, 0.05) is 0 Å². The maximum atomic E-state index is 2.37. The molecular formula is C10H18. The van der Waals surface area contributed by atoms with E-state index in [0.29, 0.717) is 5.41 Å². The van der Waals surface area contributed by atoms with E-state index in [1.807, 2.05) is 0 Å². The molecule has 1 aliphatic rings. The van der Waals surface area contributed by atoms with Gasteiger partial charge in [-0.15, -0.1) is 0 Å². The summed E-state index contributed by atoms with van der Waals surface area (Å²) in [5.41, 5.74) is 0.572. The summed E-state index contributed by atoms with van der Waals surface area (Å²) in [4.78, 5) is 0. The van der Waals surface area contributed by atoms with E-state index >= 15 is 0 Å². The number of rotatable bonds is 4. The van der Waals surface area contributed by atoms with Gasteiger partial charge in [0.15, 0.2) is 0 Å². The van der Waals surface area contributed by atoms with Crippen LogP contribution < -0.4 is 0 Å². The lowest BCUT2D eigenvalue weighted by Gasteiger charge is -2.23. The smallest absolute Gasteiger partial charge is 0.00480 e. The summed E-state index contributed by atoms with van der Waals surface area (Å²) in [6.07, 6.45) is 8.65. The molecule has 0 saturated carbocycles. The Morgan fingerprint density at radius 2 is 1.90 bits per heavy atom. The molecule has 0 heteroatoms. The molecule has 0 fully saturated rings. The molecule has 0 aromatic rings. The Kier molecular flexibility index (Phi) is 2.18. The minimum atomic E-state index is 0.572. The number of hydrogen-bond acceptors (Lipinski definition) is 0. The van der Waals surface area contributed by atoms with Gasteiger partial charge in [0.25, 0.3) is 0 Å². The lowest BCUT2D eigenvalue weighted by Crippen LogP contribution is -2.11. The predicted molar refractivity (Wildman–Crippen MR) is 45.9 cm³/mol. The van der Waals surface area contributed by atoms with Crippen LogP contribution in [0, 0.1) is 11.3 Å². The molecule has 0 atom stereocenters. The third-order valence-electron chi connectivity index (χ3n) is 2.18. The SMILES string of the molecule is CCCC(C)(C)CC1C=C1. The summed E-state index contributed by atoms with van der Waals surface area (Å²) in [7, 11) is 0. The number of hydrogen-bond donors (Lipinski definition) is 0. The van der Waals surface area contributed by atoms with E-state index in [1.165, 1.54) is 19.3 Å². The second kappa shape index (κ2) is 2.77. The summed E-state index contributed by atoms with van der Waals surface area (Å²) in [6.45, 7) is 7.01. The van der Waals surface area contributed by atoms with Crippen LogP contribution in [0.3, 0.4) is 0 Å². The van der Waals surface area contributed by atoms with E-state index in [1.54, 1.807) is 0 Å². The quantitative estimate of drug-likeness (QED) is 0.522. The van der Waals surface area contributed by atoms with Gasteiger partial charge in [-0.3, -0.25) is 0 Å². The third-order valence-corrected chi connectivity index (χ3v) is 2.18. The van der Waals surface area contributed by atoms with E-state index in [4.69, 9.17) is 0 Å². The lowest BCUT2D eigenvalue weighted by molar-refractivity contribution is 0.294. The molecule has 0 unspecified atom stereocenters. The molecule has 0 N–H and O–H groups in total. The van der Waals surface area contributed by atoms with E-state index < -0.39 is 0 Å². The highest BCUT2D eigenvalue weighted by Gasteiger charge is 2.23. The Bertz CT molecular complexity index is 125. The minimum absolute atomic E-state index is 0.572. The molecule has 0 aromatic carbocycles. The molecule has 10 heavy (non-hydrogen) atoms. The van der Waals surface area contributed by atoms with Crippen molar-refractivity contribution in [2.75, 3.05) is 0 Å². The van der Waals surface area contributed by atoms with Crippen LogP contribution in [0.4, 0.5) is 0 Å².